The highest BCUT2D eigenvalue weighted by Gasteiger charge is 2.33. The quantitative estimate of drug-likeness (QED) is 0.176. The molecule has 0 saturated carbocycles. The lowest BCUT2D eigenvalue weighted by molar-refractivity contribution is -0.141. The van der Waals surface area contributed by atoms with Crippen molar-refractivity contribution in [2.45, 2.75) is 56.5 Å². The third-order valence-corrected chi connectivity index (χ3v) is 5.61. The summed E-state index contributed by atoms with van der Waals surface area (Å²) in [6, 6.07) is 1.63. The van der Waals surface area contributed by atoms with Crippen LogP contribution in [0.3, 0.4) is 0 Å². The molecule has 33 heavy (non-hydrogen) atoms. The molecule has 182 valence electrons. The molecule has 1 aromatic carbocycles. The maximum atomic E-state index is 12.9. The van der Waals surface area contributed by atoms with Gasteiger partial charge in [-0.25, -0.2) is 4.79 Å². The van der Waals surface area contributed by atoms with Crippen LogP contribution >= 0.6 is 12.6 Å². The summed E-state index contributed by atoms with van der Waals surface area (Å²) in [6.45, 7) is 2.01. The largest absolute Gasteiger partial charge is 0.508 e. The molecule has 1 heterocycles. The smallest absolute Gasteiger partial charge is 0.327 e. The lowest BCUT2D eigenvalue weighted by Crippen LogP contribution is -2.60. The fourth-order valence-electron chi connectivity index (χ4n) is 3.36. The van der Waals surface area contributed by atoms with E-state index in [0.29, 0.717) is 18.5 Å². The van der Waals surface area contributed by atoms with Gasteiger partial charge in [0.2, 0.25) is 17.7 Å². The number of phenols is 1. The van der Waals surface area contributed by atoms with Crippen LogP contribution in [-0.4, -0.2) is 81.6 Å². The number of hydrogen-bond acceptors (Lipinski definition) is 8. The first-order valence-corrected chi connectivity index (χ1v) is 11.2. The Hall–Kier alpha value is -2.83. The van der Waals surface area contributed by atoms with Gasteiger partial charge < -0.3 is 36.6 Å². The molecule has 1 saturated heterocycles. The number of amides is 3. The van der Waals surface area contributed by atoms with Crippen LogP contribution in [0, 0.1) is 0 Å². The topological polar surface area (TPSA) is 177 Å². The first-order chi connectivity index (χ1) is 15.6. The van der Waals surface area contributed by atoms with Gasteiger partial charge in [0.25, 0.3) is 0 Å². The molecular weight excluding hydrogens is 452 g/mol. The number of carbonyl (C=O) groups excluding carboxylic acids is 3. The maximum absolute atomic E-state index is 12.9. The molecule has 1 aliphatic rings. The Labute approximate surface area is 196 Å². The van der Waals surface area contributed by atoms with E-state index in [1.165, 1.54) is 19.1 Å². The molecule has 1 aliphatic heterocycles. The fourth-order valence-corrected chi connectivity index (χ4v) is 3.61. The molecule has 12 heteroatoms. The van der Waals surface area contributed by atoms with Crippen molar-refractivity contribution < 1.29 is 34.5 Å². The molecule has 2 rings (SSSR count). The predicted molar refractivity (Wildman–Crippen MR) is 122 cm³/mol. The Kier molecular flexibility index (Phi) is 9.95. The van der Waals surface area contributed by atoms with E-state index in [4.69, 9.17) is 0 Å². The molecule has 0 aliphatic carbocycles. The number of carboxylic acids is 1. The molecule has 0 radical (unpaired) electrons. The van der Waals surface area contributed by atoms with E-state index in [1.807, 2.05) is 0 Å². The Bertz CT molecular complexity index is 844. The number of rotatable bonds is 11. The molecule has 1 aromatic rings. The van der Waals surface area contributed by atoms with Crippen molar-refractivity contribution in [1.82, 2.24) is 21.3 Å². The van der Waals surface area contributed by atoms with Gasteiger partial charge in [-0.1, -0.05) is 12.1 Å². The number of nitrogens with one attached hydrogen (secondary N) is 4. The van der Waals surface area contributed by atoms with Crippen LogP contribution in [0.25, 0.3) is 0 Å². The minimum atomic E-state index is -1.32. The Morgan fingerprint density at radius 1 is 1.09 bits per heavy atom. The molecular formula is C21H30N4O7S. The molecule has 0 spiro atoms. The average Bonchev–Trinajstić information content (AvgIpc) is 3.31. The van der Waals surface area contributed by atoms with Crippen molar-refractivity contribution in [3.05, 3.63) is 29.8 Å². The highest BCUT2D eigenvalue weighted by Crippen LogP contribution is 2.12. The monoisotopic (exact) mass is 482 g/mol. The summed E-state index contributed by atoms with van der Waals surface area (Å²) in [6.07, 6.45) is 0.138. The second kappa shape index (κ2) is 12.4. The van der Waals surface area contributed by atoms with Gasteiger partial charge in [0, 0.05) is 12.2 Å². The minimum Gasteiger partial charge on any atom is -0.508 e. The zero-order valence-corrected chi connectivity index (χ0v) is 19.0. The van der Waals surface area contributed by atoms with Crippen molar-refractivity contribution in [2.75, 3.05) is 12.3 Å². The van der Waals surface area contributed by atoms with E-state index in [1.54, 1.807) is 12.1 Å². The van der Waals surface area contributed by atoms with Gasteiger partial charge in [-0.05, 0) is 44.0 Å². The number of aliphatic carboxylic acids is 1. The van der Waals surface area contributed by atoms with Crippen molar-refractivity contribution in [1.29, 1.82) is 0 Å². The molecule has 0 bridgehead atoms. The summed E-state index contributed by atoms with van der Waals surface area (Å²) >= 11 is 3.92. The van der Waals surface area contributed by atoms with Crippen LogP contribution in [0.1, 0.15) is 25.3 Å². The van der Waals surface area contributed by atoms with Crippen LogP contribution in [-0.2, 0) is 25.6 Å². The van der Waals surface area contributed by atoms with Crippen LogP contribution in [0.2, 0.25) is 0 Å². The van der Waals surface area contributed by atoms with E-state index < -0.39 is 54.0 Å². The van der Waals surface area contributed by atoms with E-state index in [9.17, 15) is 34.5 Å². The second-order valence-corrected chi connectivity index (χ2v) is 8.25. The number of thiol groups is 1. The molecule has 7 N–H and O–H groups in total. The third kappa shape index (κ3) is 7.91. The van der Waals surface area contributed by atoms with Gasteiger partial charge in [0.1, 0.15) is 23.9 Å². The number of aliphatic hydroxyl groups is 1. The minimum absolute atomic E-state index is 0.0159. The Morgan fingerprint density at radius 3 is 2.24 bits per heavy atom. The first kappa shape index (κ1) is 26.4. The normalized spacial score (nSPS) is 19.1. The van der Waals surface area contributed by atoms with Gasteiger partial charge >= 0.3 is 5.97 Å². The van der Waals surface area contributed by atoms with Crippen molar-refractivity contribution >= 4 is 36.3 Å². The zero-order chi connectivity index (χ0) is 24.5. The Morgan fingerprint density at radius 2 is 1.73 bits per heavy atom. The summed E-state index contributed by atoms with van der Waals surface area (Å²) in [4.78, 5) is 49.5. The van der Waals surface area contributed by atoms with Gasteiger partial charge in [-0.2, -0.15) is 12.6 Å². The number of phenolic OH excluding ortho intramolecular Hbond substituents is 1. The SMILES string of the molecule is CC(O)C(NC(=O)C1CCCN1)C(=O)NC(Cc1ccc(O)cc1)C(=O)NC(CS)C(=O)O. The highest BCUT2D eigenvalue weighted by molar-refractivity contribution is 7.80. The highest BCUT2D eigenvalue weighted by atomic mass is 32.1. The maximum Gasteiger partial charge on any atom is 0.327 e. The lowest BCUT2D eigenvalue weighted by atomic mass is 10.0. The number of aromatic hydroxyl groups is 1. The Balaban J connectivity index is 2.17. The van der Waals surface area contributed by atoms with Crippen molar-refractivity contribution in [2.24, 2.45) is 0 Å². The summed E-state index contributed by atoms with van der Waals surface area (Å²) in [5.74, 6) is -3.44. The van der Waals surface area contributed by atoms with E-state index in [-0.39, 0.29) is 17.9 Å². The standard InChI is InChI=1S/C21H30N4O7S/c1-11(26)17(25-18(28)14-3-2-8-22-14)20(30)23-15(9-12-4-6-13(27)7-5-12)19(29)24-16(10-33)21(31)32/h4-7,11,14-17,22,26-27,33H,2-3,8-10H2,1H3,(H,23,30)(H,24,29)(H,25,28)(H,31,32). The van der Waals surface area contributed by atoms with Crippen molar-refractivity contribution in [3.8, 4) is 5.75 Å². The summed E-state index contributed by atoms with van der Waals surface area (Å²) in [5.41, 5.74) is 0.582. The zero-order valence-electron chi connectivity index (χ0n) is 18.2. The molecule has 11 nitrogen and oxygen atoms in total. The first-order valence-electron chi connectivity index (χ1n) is 10.6. The molecule has 5 unspecified atom stereocenters. The van der Waals surface area contributed by atoms with Crippen LogP contribution in [0.4, 0.5) is 0 Å². The van der Waals surface area contributed by atoms with E-state index in [0.717, 1.165) is 6.42 Å². The average molecular weight is 483 g/mol. The number of benzene rings is 1. The van der Waals surface area contributed by atoms with Gasteiger partial charge in [0.05, 0.1) is 12.1 Å². The molecule has 5 atom stereocenters. The van der Waals surface area contributed by atoms with Gasteiger partial charge in [0.15, 0.2) is 0 Å². The number of hydrogen-bond donors (Lipinski definition) is 8. The number of aliphatic hydroxyl groups excluding tert-OH is 1. The van der Waals surface area contributed by atoms with E-state index >= 15 is 0 Å². The molecule has 1 fully saturated rings. The van der Waals surface area contributed by atoms with Crippen LogP contribution in [0.15, 0.2) is 24.3 Å². The van der Waals surface area contributed by atoms with Crippen LogP contribution < -0.4 is 21.3 Å². The fraction of sp³-hybridized carbons (Fsp3) is 0.524. The van der Waals surface area contributed by atoms with Crippen LogP contribution in [0.5, 0.6) is 5.75 Å². The second-order valence-electron chi connectivity index (χ2n) is 7.89. The molecule has 0 aromatic heterocycles. The molecule has 3 amide bonds. The third-order valence-electron chi connectivity index (χ3n) is 5.25. The summed E-state index contributed by atoms with van der Waals surface area (Å²) in [5, 5.41) is 39.1. The number of carbonyl (C=O) groups is 4. The predicted octanol–water partition coefficient (Wildman–Crippen LogP) is -1.46. The van der Waals surface area contributed by atoms with Gasteiger partial charge in [-0.15, -0.1) is 0 Å². The summed E-state index contributed by atoms with van der Waals surface area (Å²) < 4.78 is 0. The number of carboxylic acid groups (broad SMARTS) is 1. The van der Waals surface area contributed by atoms with E-state index in [2.05, 4.69) is 33.9 Å². The summed E-state index contributed by atoms with van der Waals surface area (Å²) in [7, 11) is 0. The van der Waals surface area contributed by atoms with Gasteiger partial charge in [-0.3, -0.25) is 14.4 Å². The van der Waals surface area contributed by atoms with Crippen molar-refractivity contribution in [3.63, 3.8) is 0 Å². The lowest BCUT2D eigenvalue weighted by Gasteiger charge is -2.26.